The van der Waals surface area contributed by atoms with Crippen LogP contribution in [-0.2, 0) is 9.53 Å². The number of carbonyl (C=O) groups excluding carboxylic acids is 1. The number of hydrogen-bond acceptors (Lipinski definition) is 2. The van der Waals surface area contributed by atoms with Gasteiger partial charge in [-0.25, -0.2) is 0 Å². The fraction of sp³-hybridized carbons (Fsp3) is 0.462. The highest BCUT2D eigenvalue weighted by atomic mass is 16.5. The second-order valence-electron chi connectivity index (χ2n) is 3.92. The molecule has 0 aromatic heterocycles. The Hall–Kier alpha value is -1.35. The van der Waals surface area contributed by atoms with Gasteiger partial charge in [0.2, 0.25) is 5.91 Å². The Labute approximate surface area is 96.7 Å². The van der Waals surface area contributed by atoms with Crippen molar-refractivity contribution in [1.82, 2.24) is 0 Å². The zero-order chi connectivity index (χ0) is 12.0. The van der Waals surface area contributed by atoms with Gasteiger partial charge < -0.3 is 10.5 Å². The summed E-state index contributed by atoms with van der Waals surface area (Å²) in [5.41, 5.74) is 5.91. The molecule has 3 heteroatoms. The summed E-state index contributed by atoms with van der Waals surface area (Å²) in [6, 6.07) is 0. The standard InChI is InChI=1S/C13H19NO2/c1-3-5-11(6-4-2)13(12(14)15)7-9-16-10-8-13/h3-6H,1,7-10H2,2H3,(H2,14,15). The Bertz CT molecular complexity index is 323. The van der Waals surface area contributed by atoms with Gasteiger partial charge in [-0.2, -0.15) is 0 Å². The molecule has 3 nitrogen and oxygen atoms in total. The molecular formula is C13H19NO2. The fourth-order valence-corrected chi connectivity index (χ4v) is 2.08. The minimum atomic E-state index is -0.584. The molecule has 0 radical (unpaired) electrons. The molecule has 1 heterocycles. The number of nitrogens with two attached hydrogens (primary N) is 1. The van der Waals surface area contributed by atoms with Crippen molar-refractivity contribution in [2.24, 2.45) is 11.1 Å². The molecule has 0 aromatic carbocycles. The van der Waals surface area contributed by atoms with E-state index in [1.807, 2.05) is 25.2 Å². The molecule has 0 aromatic rings. The van der Waals surface area contributed by atoms with Gasteiger partial charge in [-0.05, 0) is 25.3 Å². The van der Waals surface area contributed by atoms with Crippen molar-refractivity contribution in [2.75, 3.05) is 13.2 Å². The summed E-state index contributed by atoms with van der Waals surface area (Å²) in [4.78, 5) is 11.7. The zero-order valence-corrected chi connectivity index (χ0v) is 9.74. The van der Waals surface area contributed by atoms with E-state index in [1.54, 1.807) is 6.08 Å². The molecule has 0 saturated carbocycles. The van der Waals surface area contributed by atoms with Crippen molar-refractivity contribution in [3.63, 3.8) is 0 Å². The molecule has 1 rings (SSSR count). The van der Waals surface area contributed by atoms with E-state index in [-0.39, 0.29) is 5.91 Å². The molecule has 0 spiro atoms. The third kappa shape index (κ3) is 2.42. The fourth-order valence-electron chi connectivity index (χ4n) is 2.08. The molecule has 0 unspecified atom stereocenters. The first-order valence-corrected chi connectivity index (χ1v) is 5.51. The van der Waals surface area contributed by atoms with Crippen LogP contribution in [0.25, 0.3) is 0 Å². The molecule has 88 valence electrons. The third-order valence-corrected chi connectivity index (χ3v) is 3.01. The maximum absolute atomic E-state index is 11.7. The van der Waals surface area contributed by atoms with Crippen molar-refractivity contribution >= 4 is 5.91 Å². The van der Waals surface area contributed by atoms with E-state index in [9.17, 15) is 4.79 Å². The summed E-state index contributed by atoms with van der Waals surface area (Å²) in [5, 5.41) is 0. The van der Waals surface area contributed by atoms with Crippen LogP contribution < -0.4 is 5.73 Å². The molecule has 0 bridgehead atoms. The molecule has 1 amide bonds. The second-order valence-corrected chi connectivity index (χ2v) is 3.92. The van der Waals surface area contributed by atoms with Gasteiger partial charge in [-0.3, -0.25) is 4.79 Å². The Kier molecular flexibility index (Phi) is 4.50. The van der Waals surface area contributed by atoms with E-state index >= 15 is 0 Å². The SMILES string of the molecule is C=CC=C(C=CC)C1(C(N)=O)CCOCC1. The number of ether oxygens (including phenoxy) is 1. The topological polar surface area (TPSA) is 52.3 Å². The van der Waals surface area contributed by atoms with E-state index in [0.29, 0.717) is 26.1 Å². The van der Waals surface area contributed by atoms with Crippen molar-refractivity contribution in [3.05, 3.63) is 36.5 Å². The molecule has 1 saturated heterocycles. The number of primary amides is 1. The third-order valence-electron chi connectivity index (χ3n) is 3.01. The molecule has 1 aliphatic heterocycles. The van der Waals surface area contributed by atoms with Crippen LogP contribution in [0.1, 0.15) is 19.8 Å². The van der Waals surface area contributed by atoms with E-state index in [0.717, 1.165) is 5.57 Å². The van der Waals surface area contributed by atoms with E-state index in [4.69, 9.17) is 10.5 Å². The average Bonchev–Trinajstić information content (AvgIpc) is 2.29. The Balaban J connectivity index is 3.11. The lowest BCUT2D eigenvalue weighted by molar-refractivity contribution is -0.130. The van der Waals surface area contributed by atoms with Crippen LogP contribution in [0.15, 0.2) is 36.5 Å². The summed E-state index contributed by atoms with van der Waals surface area (Å²) in [7, 11) is 0. The van der Waals surface area contributed by atoms with Crippen LogP contribution in [0, 0.1) is 5.41 Å². The lowest BCUT2D eigenvalue weighted by Crippen LogP contribution is -2.42. The van der Waals surface area contributed by atoms with Gasteiger partial charge in [0, 0.05) is 13.2 Å². The maximum atomic E-state index is 11.7. The maximum Gasteiger partial charge on any atom is 0.228 e. The minimum absolute atomic E-state index is 0.276. The monoisotopic (exact) mass is 221 g/mol. The first-order valence-electron chi connectivity index (χ1n) is 5.51. The quantitative estimate of drug-likeness (QED) is 0.738. The molecule has 0 atom stereocenters. The van der Waals surface area contributed by atoms with Crippen LogP contribution in [0.5, 0.6) is 0 Å². The van der Waals surface area contributed by atoms with Gasteiger partial charge in [0.05, 0.1) is 5.41 Å². The largest absolute Gasteiger partial charge is 0.381 e. The van der Waals surface area contributed by atoms with Crippen LogP contribution in [0.4, 0.5) is 0 Å². The van der Waals surface area contributed by atoms with E-state index in [2.05, 4.69) is 6.58 Å². The molecule has 1 fully saturated rings. The van der Waals surface area contributed by atoms with Crippen LogP contribution in [-0.4, -0.2) is 19.1 Å². The highest BCUT2D eigenvalue weighted by molar-refractivity contribution is 5.85. The first-order chi connectivity index (χ1) is 7.67. The molecule has 0 aliphatic carbocycles. The van der Waals surface area contributed by atoms with Crippen molar-refractivity contribution < 1.29 is 9.53 Å². The Morgan fingerprint density at radius 1 is 1.44 bits per heavy atom. The number of rotatable bonds is 4. The minimum Gasteiger partial charge on any atom is -0.381 e. The molecule has 16 heavy (non-hydrogen) atoms. The summed E-state index contributed by atoms with van der Waals surface area (Å²) >= 11 is 0. The Morgan fingerprint density at radius 2 is 2.06 bits per heavy atom. The van der Waals surface area contributed by atoms with Gasteiger partial charge in [0.15, 0.2) is 0 Å². The van der Waals surface area contributed by atoms with Gasteiger partial charge in [-0.1, -0.05) is 30.9 Å². The van der Waals surface area contributed by atoms with Crippen molar-refractivity contribution in [1.29, 1.82) is 0 Å². The van der Waals surface area contributed by atoms with Gasteiger partial charge in [0.1, 0.15) is 0 Å². The summed E-state index contributed by atoms with van der Waals surface area (Å²) in [6.45, 7) is 6.75. The highest BCUT2D eigenvalue weighted by Crippen LogP contribution is 2.38. The van der Waals surface area contributed by atoms with Crippen molar-refractivity contribution in [3.8, 4) is 0 Å². The normalized spacial score (nSPS) is 20.9. The lowest BCUT2D eigenvalue weighted by atomic mass is 9.72. The molecule has 2 N–H and O–H groups in total. The predicted molar refractivity (Wildman–Crippen MR) is 64.8 cm³/mol. The average molecular weight is 221 g/mol. The van der Waals surface area contributed by atoms with Crippen LogP contribution >= 0.6 is 0 Å². The van der Waals surface area contributed by atoms with Crippen LogP contribution in [0.3, 0.4) is 0 Å². The van der Waals surface area contributed by atoms with E-state index in [1.165, 1.54) is 0 Å². The van der Waals surface area contributed by atoms with Gasteiger partial charge in [-0.15, -0.1) is 0 Å². The Morgan fingerprint density at radius 3 is 2.50 bits per heavy atom. The van der Waals surface area contributed by atoms with Crippen LogP contribution in [0.2, 0.25) is 0 Å². The smallest absolute Gasteiger partial charge is 0.228 e. The summed E-state index contributed by atoms with van der Waals surface area (Å²) < 4.78 is 5.30. The number of amides is 1. The predicted octanol–water partition coefficient (Wildman–Crippen LogP) is 1.96. The number of allylic oxidation sites excluding steroid dienone is 4. The van der Waals surface area contributed by atoms with Crippen molar-refractivity contribution in [2.45, 2.75) is 19.8 Å². The zero-order valence-electron chi connectivity index (χ0n) is 9.74. The number of hydrogen-bond donors (Lipinski definition) is 1. The summed E-state index contributed by atoms with van der Waals surface area (Å²) in [6.07, 6.45) is 8.68. The number of carbonyl (C=O) groups is 1. The lowest BCUT2D eigenvalue weighted by Gasteiger charge is -2.35. The second kappa shape index (κ2) is 5.66. The molecule has 1 aliphatic rings. The van der Waals surface area contributed by atoms with Gasteiger partial charge >= 0.3 is 0 Å². The summed E-state index contributed by atoms with van der Waals surface area (Å²) in [5.74, 6) is -0.276. The first kappa shape index (κ1) is 12.7. The highest BCUT2D eigenvalue weighted by Gasteiger charge is 2.40. The van der Waals surface area contributed by atoms with Gasteiger partial charge in [0.25, 0.3) is 0 Å². The van der Waals surface area contributed by atoms with E-state index < -0.39 is 5.41 Å². The molecular weight excluding hydrogens is 202 g/mol.